The molecule has 0 saturated carbocycles. The van der Waals surface area contributed by atoms with Crippen molar-refractivity contribution in [2.75, 3.05) is 6.38 Å². The Kier molecular flexibility index (Phi) is 12.6. The fraction of sp³-hybridized carbons (Fsp3) is 0.375. The molecular weight excluding hydrogens is 209 g/mol. The van der Waals surface area contributed by atoms with Gasteiger partial charge in [-0.1, -0.05) is 25.4 Å². The van der Waals surface area contributed by atoms with E-state index in [1.165, 1.54) is 18.9 Å². The van der Waals surface area contributed by atoms with Crippen molar-refractivity contribution in [1.82, 2.24) is 9.97 Å². The molecule has 1 heterocycles. The standard InChI is InChI=1S/C5H2ClN3.C2H6.CH3Cl/c6-5-4(1-7)2-8-3-9-5;2*1-2/h2-3H;1-2H3;1H3. The largest absolute Gasteiger partial charge is 0.243 e. The van der Waals surface area contributed by atoms with Crippen molar-refractivity contribution >= 4 is 23.2 Å². The fourth-order valence-electron chi connectivity index (χ4n) is 0.390. The highest BCUT2D eigenvalue weighted by molar-refractivity contribution is 6.30. The number of halogens is 2. The van der Waals surface area contributed by atoms with Crippen molar-refractivity contribution in [3.8, 4) is 6.07 Å². The molecule has 1 aromatic rings. The minimum Gasteiger partial charge on any atom is -0.243 e. The van der Waals surface area contributed by atoms with E-state index in [9.17, 15) is 0 Å². The third-order valence-electron chi connectivity index (χ3n) is 0.784. The zero-order valence-corrected chi connectivity index (χ0v) is 9.26. The summed E-state index contributed by atoms with van der Waals surface area (Å²) in [5.41, 5.74) is 0.305. The van der Waals surface area contributed by atoms with Crippen LogP contribution >= 0.6 is 23.2 Å². The summed E-state index contributed by atoms with van der Waals surface area (Å²) in [6, 6.07) is 1.84. The number of alkyl halides is 1. The molecule has 0 aromatic carbocycles. The molecule has 0 aliphatic heterocycles. The first-order chi connectivity index (χ1) is 6.34. The maximum atomic E-state index is 8.30. The van der Waals surface area contributed by atoms with Gasteiger partial charge >= 0.3 is 0 Å². The van der Waals surface area contributed by atoms with Gasteiger partial charge in [-0.2, -0.15) is 5.26 Å². The molecule has 0 bridgehead atoms. The second-order valence-electron chi connectivity index (χ2n) is 1.34. The number of nitriles is 1. The summed E-state index contributed by atoms with van der Waals surface area (Å²) in [6.45, 7) is 4.00. The van der Waals surface area contributed by atoms with E-state index in [1.807, 2.05) is 19.9 Å². The van der Waals surface area contributed by atoms with Crippen molar-refractivity contribution in [2.45, 2.75) is 13.8 Å². The molecule has 3 nitrogen and oxygen atoms in total. The molecule has 0 aliphatic rings. The summed E-state index contributed by atoms with van der Waals surface area (Å²) in [6.07, 6.45) is 4.14. The summed E-state index contributed by atoms with van der Waals surface area (Å²) in [5, 5.41) is 8.51. The zero-order chi connectivity index (χ0) is 10.7. The van der Waals surface area contributed by atoms with Crippen LogP contribution in [0.15, 0.2) is 12.5 Å². The van der Waals surface area contributed by atoms with Gasteiger partial charge in [-0.05, 0) is 0 Å². The van der Waals surface area contributed by atoms with Gasteiger partial charge in [-0.3, -0.25) is 0 Å². The quantitative estimate of drug-likeness (QED) is 0.498. The average molecular weight is 220 g/mol. The van der Waals surface area contributed by atoms with Gasteiger partial charge < -0.3 is 0 Å². The highest BCUT2D eigenvalue weighted by Crippen LogP contribution is 2.06. The van der Waals surface area contributed by atoms with Crippen LogP contribution < -0.4 is 0 Å². The third-order valence-corrected chi connectivity index (χ3v) is 1.09. The highest BCUT2D eigenvalue weighted by Gasteiger charge is 1.95. The van der Waals surface area contributed by atoms with Gasteiger partial charge in [0.25, 0.3) is 0 Å². The van der Waals surface area contributed by atoms with Crippen molar-refractivity contribution < 1.29 is 0 Å². The van der Waals surface area contributed by atoms with Crippen LogP contribution in [0.5, 0.6) is 0 Å². The van der Waals surface area contributed by atoms with Crippen LogP contribution in [-0.2, 0) is 0 Å². The predicted molar refractivity (Wildman–Crippen MR) is 54.9 cm³/mol. The van der Waals surface area contributed by atoms with Gasteiger partial charge in [0.1, 0.15) is 23.1 Å². The van der Waals surface area contributed by atoms with E-state index in [-0.39, 0.29) is 5.15 Å². The van der Waals surface area contributed by atoms with Crippen molar-refractivity contribution in [1.29, 1.82) is 5.26 Å². The average Bonchev–Trinajstić information content (AvgIpc) is 2.24. The molecule has 0 radical (unpaired) electrons. The summed E-state index contributed by atoms with van der Waals surface area (Å²) in [4.78, 5) is 7.18. The molecule has 0 unspecified atom stereocenters. The first-order valence-corrected chi connectivity index (χ1v) is 4.71. The molecule has 5 heteroatoms. The number of aromatic nitrogens is 2. The molecule has 0 spiro atoms. The summed E-state index contributed by atoms with van der Waals surface area (Å²) in [5.74, 6) is 0. The lowest BCUT2D eigenvalue weighted by Crippen LogP contribution is -1.82. The molecule has 0 N–H and O–H groups in total. The Balaban J connectivity index is 0. The lowest BCUT2D eigenvalue weighted by molar-refractivity contribution is 1.15. The van der Waals surface area contributed by atoms with Crippen LogP contribution in [0.1, 0.15) is 19.4 Å². The minimum absolute atomic E-state index is 0.201. The van der Waals surface area contributed by atoms with Gasteiger partial charge in [0.2, 0.25) is 0 Å². The summed E-state index contributed by atoms with van der Waals surface area (Å²) < 4.78 is 0. The first kappa shape index (κ1) is 14.7. The van der Waals surface area contributed by atoms with Crippen LogP contribution in [0, 0.1) is 11.3 Å². The maximum Gasteiger partial charge on any atom is 0.150 e. The van der Waals surface area contributed by atoms with Crippen molar-refractivity contribution in [2.24, 2.45) is 0 Å². The SMILES string of the molecule is CC.CCl.N#Cc1cncnc1Cl. The first-order valence-electron chi connectivity index (χ1n) is 3.58. The molecule has 1 rings (SSSR count). The molecule has 72 valence electrons. The monoisotopic (exact) mass is 219 g/mol. The Morgan fingerprint density at radius 1 is 1.38 bits per heavy atom. The molecule has 0 atom stereocenters. The number of hydrogen-bond donors (Lipinski definition) is 0. The topological polar surface area (TPSA) is 49.6 Å². The molecule has 13 heavy (non-hydrogen) atoms. The van der Waals surface area contributed by atoms with Gasteiger partial charge in [0, 0.05) is 12.6 Å². The van der Waals surface area contributed by atoms with Gasteiger partial charge in [0.05, 0.1) is 0 Å². The lowest BCUT2D eigenvalue weighted by atomic mass is 10.4. The Labute approximate surface area is 88.3 Å². The molecule has 1 aromatic heterocycles. The summed E-state index contributed by atoms with van der Waals surface area (Å²) in [7, 11) is 0. The molecule has 0 saturated heterocycles. The summed E-state index contributed by atoms with van der Waals surface area (Å²) >= 11 is 10.1. The fourth-order valence-corrected chi connectivity index (χ4v) is 0.524. The third kappa shape index (κ3) is 6.32. The van der Waals surface area contributed by atoms with Crippen LogP contribution in [0.25, 0.3) is 0 Å². The number of hydrogen-bond acceptors (Lipinski definition) is 3. The second-order valence-corrected chi connectivity index (χ2v) is 1.70. The van der Waals surface area contributed by atoms with Crippen LogP contribution in [-0.4, -0.2) is 16.4 Å². The smallest absolute Gasteiger partial charge is 0.150 e. The number of rotatable bonds is 0. The Bertz CT molecular complexity index is 258. The Morgan fingerprint density at radius 2 is 1.92 bits per heavy atom. The van der Waals surface area contributed by atoms with E-state index < -0.39 is 0 Å². The van der Waals surface area contributed by atoms with Gasteiger partial charge in [-0.25, -0.2) is 9.97 Å². The van der Waals surface area contributed by atoms with Crippen LogP contribution in [0.4, 0.5) is 0 Å². The highest BCUT2D eigenvalue weighted by atomic mass is 35.5. The molecular formula is C8H11Cl2N3. The van der Waals surface area contributed by atoms with Gasteiger partial charge in [0.15, 0.2) is 0 Å². The van der Waals surface area contributed by atoms with Crippen LogP contribution in [0.3, 0.4) is 0 Å². The Morgan fingerprint density at radius 3 is 2.23 bits per heavy atom. The van der Waals surface area contributed by atoms with E-state index in [0.29, 0.717) is 5.56 Å². The van der Waals surface area contributed by atoms with E-state index in [0.717, 1.165) is 0 Å². The van der Waals surface area contributed by atoms with E-state index >= 15 is 0 Å². The minimum atomic E-state index is 0.201. The van der Waals surface area contributed by atoms with Crippen molar-refractivity contribution in [3.63, 3.8) is 0 Å². The van der Waals surface area contributed by atoms with E-state index in [1.54, 1.807) is 0 Å². The Hall–Kier alpha value is -0.850. The van der Waals surface area contributed by atoms with Gasteiger partial charge in [-0.15, -0.1) is 11.6 Å². The van der Waals surface area contributed by atoms with Crippen molar-refractivity contribution in [3.05, 3.63) is 23.2 Å². The normalized spacial score (nSPS) is 6.77. The molecule has 0 aliphatic carbocycles. The number of nitrogens with zero attached hydrogens (tertiary/aromatic N) is 3. The maximum absolute atomic E-state index is 8.30. The van der Waals surface area contributed by atoms with E-state index in [4.69, 9.17) is 16.9 Å². The lowest BCUT2D eigenvalue weighted by Gasteiger charge is -1.86. The molecule has 0 fully saturated rings. The second kappa shape index (κ2) is 11.2. The van der Waals surface area contributed by atoms with E-state index in [2.05, 4.69) is 21.6 Å². The molecule has 0 amide bonds. The zero-order valence-electron chi connectivity index (χ0n) is 7.75. The van der Waals surface area contributed by atoms with Crippen LogP contribution in [0.2, 0.25) is 5.15 Å². The predicted octanol–water partition coefficient (Wildman–Crippen LogP) is 2.88.